The summed E-state index contributed by atoms with van der Waals surface area (Å²) in [5.41, 5.74) is 1.75. The van der Waals surface area contributed by atoms with E-state index >= 15 is 0 Å². The molecule has 7 nitrogen and oxygen atoms in total. The molecule has 0 aliphatic carbocycles. The van der Waals surface area contributed by atoms with Crippen LogP contribution in [0.15, 0.2) is 23.4 Å². The van der Waals surface area contributed by atoms with Crippen molar-refractivity contribution in [2.24, 2.45) is 11.1 Å². The highest BCUT2D eigenvalue weighted by atomic mass is 16.7. The van der Waals surface area contributed by atoms with Crippen LogP contribution < -0.4 is 14.2 Å². The molecule has 2 aliphatic heterocycles. The first-order valence-corrected chi connectivity index (χ1v) is 8.26. The molecule has 2 aromatic carbocycles. The molecule has 1 unspecified atom stereocenters. The average molecular weight is 355 g/mol. The maximum Gasteiger partial charge on any atom is 0.231 e. The highest BCUT2D eigenvalue weighted by molar-refractivity contribution is 6.07. The number of Topliss-reactive ketones (excluding diaryl/α,β-unsaturated/α-hetero) is 1. The van der Waals surface area contributed by atoms with Crippen molar-refractivity contribution in [3.05, 3.63) is 45.4 Å². The van der Waals surface area contributed by atoms with Gasteiger partial charge in [0.25, 0.3) is 0 Å². The van der Waals surface area contributed by atoms with Gasteiger partial charge in [-0.05, 0) is 43.1 Å². The van der Waals surface area contributed by atoms with Crippen LogP contribution in [0.25, 0.3) is 0 Å². The van der Waals surface area contributed by atoms with Crippen LogP contribution in [0.4, 0.5) is 5.69 Å². The smallest absolute Gasteiger partial charge is 0.231 e. The summed E-state index contributed by atoms with van der Waals surface area (Å²) in [6.07, 6.45) is 0.437. The Labute approximate surface area is 149 Å². The van der Waals surface area contributed by atoms with Crippen molar-refractivity contribution in [1.29, 1.82) is 0 Å². The minimum Gasteiger partial charge on any atom is -0.507 e. The van der Waals surface area contributed by atoms with Gasteiger partial charge in [-0.25, -0.2) is 0 Å². The van der Waals surface area contributed by atoms with E-state index in [9.17, 15) is 14.8 Å². The first kappa shape index (κ1) is 16.4. The molecule has 2 aromatic rings. The van der Waals surface area contributed by atoms with Crippen LogP contribution in [-0.2, 0) is 6.42 Å². The van der Waals surface area contributed by atoms with E-state index in [2.05, 4.69) is 5.18 Å². The molecule has 26 heavy (non-hydrogen) atoms. The third-order valence-electron chi connectivity index (χ3n) is 4.93. The molecular formula is C19H17NO6. The summed E-state index contributed by atoms with van der Waals surface area (Å²) in [5.74, 6) is 0.852. The van der Waals surface area contributed by atoms with Gasteiger partial charge in [-0.2, -0.15) is 0 Å². The number of benzene rings is 2. The second-order valence-corrected chi connectivity index (χ2v) is 6.51. The molecule has 0 spiro atoms. The van der Waals surface area contributed by atoms with E-state index in [0.29, 0.717) is 23.5 Å². The second-order valence-electron chi connectivity index (χ2n) is 6.51. The average Bonchev–Trinajstić information content (AvgIpc) is 3.10. The minimum absolute atomic E-state index is 0.0523. The second kappa shape index (κ2) is 6.01. The molecule has 0 saturated heterocycles. The topological polar surface area (TPSA) is 94.4 Å². The van der Waals surface area contributed by atoms with Crippen molar-refractivity contribution < 1.29 is 24.1 Å². The van der Waals surface area contributed by atoms with Gasteiger partial charge in [0.15, 0.2) is 17.3 Å². The van der Waals surface area contributed by atoms with E-state index in [4.69, 9.17) is 14.2 Å². The van der Waals surface area contributed by atoms with E-state index in [1.165, 1.54) is 0 Å². The Balaban J connectivity index is 1.69. The number of aromatic hydroxyl groups is 1. The number of fused-ring (bicyclic) bond motifs is 2. The Kier molecular flexibility index (Phi) is 3.79. The molecule has 0 amide bonds. The quantitative estimate of drug-likeness (QED) is 0.846. The van der Waals surface area contributed by atoms with Crippen molar-refractivity contribution in [3.8, 4) is 23.0 Å². The summed E-state index contributed by atoms with van der Waals surface area (Å²) in [5, 5.41) is 13.1. The lowest BCUT2D eigenvalue weighted by molar-refractivity contribution is 0.0830. The van der Waals surface area contributed by atoms with E-state index in [-0.39, 0.29) is 47.5 Å². The maximum absolute atomic E-state index is 13.0. The van der Waals surface area contributed by atoms with Crippen LogP contribution in [0.2, 0.25) is 0 Å². The molecule has 0 aromatic heterocycles. The predicted molar refractivity (Wildman–Crippen MR) is 92.6 cm³/mol. The summed E-state index contributed by atoms with van der Waals surface area (Å²) in [6.45, 7) is 3.57. The SMILES string of the molecule is Cc1c(O)c(C)c2c(c1N=O)C(=O)C(Cc1ccc3c(c1)OCO3)CO2. The van der Waals surface area contributed by atoms with Crippen LogP contribution in [0.1, 0.15) is 27.0 Å². The summed E-state index contributed by atoms with van der Waals surface area (Å²) < 4.78 is 16.4. The van der Waals surface area contributed by atoms with Crippen molar-refractivity contribution in [3.63, 3.8) is 0 Å². The molecule has 7 heteroatoms. The molecule has 1 atom stereocenters. The van der Waals surface area contributed by atoms with Gasteiger partial charge >= 0.3 is 0 Å². The Morgan fingerprint density at radius 3 is 2.69 bits per heavy atom. The van der Waals surface area contributed by atoms with Gasteiger partial charge in [-0.15, -0.1) is 4.91 Å². The van der Waals surface area contributed by atoms with Crippen LogP contribution >= 0.6 is 0 Å². The van der Waals surface area contributed by atoms with Gasteiger partial charge in [-0.1, -0.05) is 6.07 Å². The summed E-state index contributed by atoms with van der Waals surface area (Å²) >= 11 is 0. The number of nitrogens with zero attached hydrogens (tertiary/aromatic N) is 1. The number of ether oxygens (including phenoxy) is 3. The van der Waals surface area contributed by atoms with Crippen LogP contribution in [0.3, 0.4) is 0 Å². The fourth-order valence-corrected chi connectivity index (χ4v) is 3.47. The highest BCUT2D eigenvalue weighted by Crippen LogP contribution is 2.45. The monoisotopic (exact) mass is 355 g/mol. The standard InChI is InChI=1S/C19H17NO6/c1-9-16(20-23)15-18(22)12(7-24-19(15)10(2)17(9)21)5-11-3-4-13-14(6-11)26-8-25-13/h3-4,6,12,21H,5,7-8H2,1-2H3. The minimum atomic E-state index is -0.452. The summed E-state index contributed by atoms with van der Waals surface area (Å²) in [7, 11) is 0. The lowest BCUT2D eigenvalue weighted by Crippen LogP contribution is -2.30. The maximum atomic E-state index is 13.0. The molecule has 4 rings (SSSR count). The number of phenolic OH excluding ortho intramolecular Hbond substituents is 1. The summed E-state index contributed by atoms with van der Waals surface area (Å²) in [4.78, 5) is 24.3. The van der Waals surface area contributed by atoms with Crippen molar-refractivity contribution in [2.45, 2.75) is 20.3 Å². The fraction of sp³-hybridized carbons (Fsp3) is 0.316. The van der Waals surface area contributed by atoms with Crippen molar-refractivity contribution in [1.82, 2.24) is 0 Å². The van der Waals surface area contributed by atoms with Gasteiger partial charge < -0.3 is 19.3 Å². The number of phenols is 1. The molecular weight excluding hydrogens is 338 g/mol. The van der Waals surface area contributed by atoms with Crippen molar-refractivity contribution in [2.75, 3.05) is 13.4 Å². The van der Waals surface area contributed by atoms with Crippen LogP contribution in [0, 0.1) is 24.7 Å². The number of carbonyl (C=O) groups excluding carboxylic acids is 1. The molecule has 134 valence electrons. The fourth-order valence-electron chi connectivity index (χ4n) is 3.47. The molecule has 2 heterocycles. The number of carbonyl (C=O) groups is 1. The lowest BCUT2D eigenvalue weighted by Gasteiger charge is -2.27. The van der Waals surface area contributed by atoms with E-state index < -0.39 is 5.92 Å². The van der Waals surface area contributed by atoms with Gasteiger partial charge in [0.1, 0.15) is 17.2 Å². The molecule has 0 bridgehead atoms. The zero-order valence-corrected chi connectivity index (χ0v) is 14.4. The number of hydrogen-bond acceptors (Lipinski definition) is 7. The first-order chi connectivity index (χ1) is 12.5. The normalized spacial score (nSPS) is 17.6. The van der Waals surface area contributed by atoms with Crippen LogP contribution in [-0.4, -0.2) is 24.3 Å². The Bertz CT molecular complexity index is 936. The molecule has 2 aliphatic rings. The number of nitroso groups, excluding NO2 is 1. The zero-order valence-electron chi connectivity index (χ0n) is 14.4. The van der Waals surface area contributed by atoms with Gasteiger partial charge in [0, 0.05) is 11.1 Å². The third kappa shape index (κ3) is 2.39. The van der Waals surface area contributed by atoms with E-state index in [1.807, 2.05) is 18.2 Å². The largest absolute Gasteiger partial charge is 0.507 e. The highest BCUT2D eigenvalue weighted by Gasteiger charge is 2.35. The molecule has 0 radical (unpaired) electrons. The Hall–Kier alpha value is -3.09. The number of hydrogen-bond donors (Lipinski definition) is 1. The lowest BCUT2D eigenvalue weighted by atomic mass is 9.86. The van der Waals surface area contributed by atoms with Gasteiger partial charge in [0.2, 0.25) is 6.79 Å². The number of rotatable bonds is 3. The predicted octanol–water partition coefficient (Wildman–Crippen LogP) is 3.57. The van der Waals surface area contributed by atoms with E-state index in [1.54, 1.807) is 13.8 Å². The summed E-state index contributed by atoms with van der Waals surface area (Å²) in [6, 6.07) is 5.53. The molecule has 0 fully saturated rings. The van der Waals surface area contributed by atoms with E-state index in [0.717, 1.165) is 5.56 Å². The van der Waals surface area contributed by atoms with Gasteiger partial charge in [-0.3, -0.25) is 4.79 Å². The van der Waals surface area contributed by atoms with Gasteiger partial charge in [0.05, 0.1) is 18.1 Å². The zero-order chi connectivity index (χ0) is 18.4. The Morgan fingerprint density at radius 1 is 1.15 bits per heavy atom. The van der Waals surface area contributed by atoms with Crippen molar-refractivity contribution >= 4 is 11.5 Å². The Morgan fingerprint density at radius 2 is 1.92 bits per heavy atom. The molecule has 0 saturated carbocycles. The first-order valence-electron chi connectivity index (χ1n) is 8.26. The molecule has 1 N–H and O–H groups in total. The third-order valence-corrected chi connectivity index (χ3v) is 4.93. The van der Waals surface area contributed by atoms with Crippen LogP contribution in [0.5, 0.6) is 23.0 Å². The number of ketones is 1.